The van der Waals surface area contributed by atoms with E-state index in [2.05, 4.69) is 6.07 Å². The molecule has 3 aromatic carbocycles. The van der Waals surface area contributed by atoms with Crippen LogP contribution in [0.2, 0.25) is 0 Å². The minimum atomic E-state index is -1.24. The first kappa shape index (κ1) is 23.4. The summed E-state index contributed by atoms with van der Waals surface area (Å²) in [6.45, 7) is 3.48. The predicted molar refractivity (Wildman–Crippen MR) is 140 cm³/mol. The third-order valence-electron chi connectivity index (χ3n) is 10.9. The van der Waals surface area contributed by atoms with Gasteiger partial charge in [0.15, 0.2) is 0 Å². The zero-order chi connectivity index (χ0) is 26.7. The quantitative estimate of drug-likeness (QED) is 0.447. The van der Waals surface area contributed by atoms with Crippen LogP contribution in [0.15, 0.2) is 84.9 Å². The van der Waals surface area contributed by atoms with Crippen LogP contribution in [0.4, 0.5) is 0 Å². The molecule has 8 rings (SSSR count). The molecule has 4 fully saturated rings. The van der Waals surface area contributed by atoms with Gasteiger partial charge in [-0.2, -0.15) is 0 Å². The van der Waals surface area contributed by atoms with Gasteiger partial charge in [-0.25, -0.2) is 0 Å². The molecule has 4 aliphatic carbocycles. The summed E-state index contributed by atoms with van der Waals surface area (Å²) in [5.74, 6) is -1.81. The van der Waals surface area contributed by atoms with Crippen molar-refractivity contribution >= 4 is 11.9 Å². The molecule has 3 saturated carbocycles. The van der Waals surface area contributed by atoms with Gasteiger partial charge < -0.3 is 19.3 Å². The first-order valence-electron chi connectivity index (χ1n) is 13.8. The Morgan fingerprint density at radius 1 is 0.795 bits per heavy atom. The van der Waals surface area contributed by atoms with Gasteiger partial charge >= 0.3 is 11.9 Å². The van der Waals surface area contributed by atoms with Crippen molar-refractivity contribution in [3.05, 3.63) is 107 Å². The van der Waals surface area contributed by atoms with Crippen LogP contribution in [-0.2, 0) is 23.8 Å². The lowest BCUT2D eigenvalue weighted by Crippen LogP contribution is -2.96. The summed E-state index contributed by atoms with van der Waals surface area (Å²) in [6, 6.07) is 27.3. The van der Waals surface area contributed by atoms with Crippen molar-refractivity contribution in [2.45, 2.75) is 50.1 Å². The van der Waals surface area contributed by atoms with Gasteiger partial charge in [-0.05, 0) is 36.1 Å². The molecular weight excluding hydrogens is 492 g/mol. The van der Waals surface area contributed by atoms with E-state index in [4.69, 9.17) is 14.2 Å². The van der Waals surface area contributed by atoms with Crippen LogP contribution < -0.4 is 0 Å². The molecule has 0 unspecified atom stereocenters. The number of hydrogen-bond donors (Lipinski definition) is 1. The Morgan fingerprint density at radius 2 is 1.31 bits per heavy atom. The second-order valence-electron chi connectivity index (χ2n) is 11.9. The number of esters is 2. The van der Waals surface area contributed by atoms with E-state index >= 15 is 0 Å². The van der Waals surface area contributed by atoms with Crippen LogP contribution in [0.5, 0.6) is 0 Å². The maximum absolute atomic E-state index is 14.6. The zero-order valence-corrected chi connectivity index (χ0v) is 21.8. The van der Waals surface area contributed by atoms with Crippen molar-refractivity contribution in [3.63, 3.8) is 0 Å². The number of benzene rings is 3. The Hall–Kier alpha value is -3.48. The van der Waals surface area contributed by atoms with Crippen LogP contribution in [0.25, 0.3) is 0 Å². The largest absolute Gasteiger partial charge is 0.457 e. The summed E-state index contributed by atoms with van der Waals surface area (Å²) in [6.07, 6.45) is -1.56. The second kappa shape index (κ2) is 7.58. The van der Waals surface area contributed by atoms with E-state index in [0.29, 0.717) is 0 Å². The summed E-state index contributed by atoms with van der Waals surface area (Å²) in [4.78, 5) is 29.1. The smallest absolute Gasteiger partial charge is 0.315 e. The van der Waals surface area contributed by atoms with Gasteiger partial charge in [0.05, 0.1) is 18.8 Å². The van der Waals surface area contributed by atoms with E-state index in [-0.39, 0.29) is 42.5 Å². The average Bonchev–Trinajstić information content (AvgIpc) is 3.13. The highest BCUT2D eigenvalue weighted by Gasteiger charge is 3.08. The summed E-state index contributed by atoms with van der Waals surface area (Å²) >= 11 is 0. The lowest BCUT2D eigenvalue weighted by atomic mass is 9.10. The molecule has 39 heavy (non-hydrogen) atoms. The number of carbonyl (C=O) groups excluding carboxylic acids is 2. The van der Waals surface area contributed by atoms with Gasteiger partial charge in [-0.3, -0.25) is 9.59 Å². The van der Waals surface area contributed by atoms with Crippen LogP contribution in [0, 0.1) is 22.2 Å². The van der Waals surface area contributed by atoms with Gasteiger partial charge in [0, 0.05) is 23.2 Å². The van der Waals surface area contributed by atoms with E-state index in [9.17, 15) is 14.7 Å². The number of carbonyl (C=O) groups is 2. The Labute approximate surface area is 226 Å². The fraction of sp³-hybridized carbons (Fsp3) is 0.394. The van der Waals surface area contributed by atoms with Crippen molar-refractivity contribution < 1.29 is 28.9 Å². The Balaban J connectivity index is 1.27. The zero-order valence-electron chi connectivity index (χ0n) is 21.8. The van der Waals surface area contributed by atoms with Crippen molar-refractivity contribution in [2.75, 3.05) is 6.61 Å². The fourth-order valence-corrected chi connectivity index (χ4v) is 9.64. The molecule has 1 aliphatic heterocycles. The minimum Gasteiger partial charge on any atom is -0.457 e. The lowest BCUT2D eigenvalue weighted by molar-refractivity contribution is -0.385. The van der Waals surface area contributed by atoms with Crippen molar-refractivity contribution in [3.8, 4) is 0 Å². The summed E-state index contributed by atoms with van der Waals surface area (Å²) < 4.78 is 19.1. The highest BCUT2D eigenvalue weighted by atomic mass is 16.6. The highest BCUT2D eigenvalue weighted by molar-refractivity contribution is 6.00. The molecule has 198 valence electrons. The van der Waals surface area contributed by atoms with Gasteiger partial charge in [-0.1, -0.05) is 84.9 Å². The van der Waals surface area contributed by atoms with Crippen LogP contribution in [0.1, 0.15) is 60.1 Å². The number of aliphatic hydroxyl groups excluding tert-OH is 1. The molecule has 6 heteroatoms. The molecule has 10 atom stereocenters. The summed E-state index contributed by atoms with van der Waals surface area (Å²) in [5, 5.41) is 10.9. The van der Waals surface area contributed by atoms with E-state index in [1.165, 1.54) is 0 Å². The van der Waals surface area contributed by atoms with E-state index in [1.54, 1.807) is 0 Å². The van der Waals surface area contributed by atoms with Crippen molar-refractivity contribution in [2.24, 2.45) is 22.2 Å². The first-order chi connectivity index (χ1) is 19.0. The molecule has 0 bridgehead atoms. The Bertz CT molecular complexity index is 1500. The van der Waals surface area contributed by atoms with Gasteiger partial charge in [0.1, 0.15) is 23.0 Å². The number of hydrogen-bond acceptors (Lipinski definition) is 6. The molecule has 0 amide bonds. The van der Waals surface area contributed by atoms with Gasteiger partial charge in [0.2, 0.25) is 0 Å². The molecular formula is C33H30O6. The summed E-state index contributed by atoms with van der Waals surface area (Å²) in [5.41, 5.74) is 0.619. The molecule has 0 spiro atoms. The van der Waals surface area contributed by atoms with Crippen LogP contribution in [-0.4, -0.2) is 35.9 Å². The minimum absolute atomic E-state index is 0.233. The van der Waals surface area contributed by atoms with Gasteiger partial charge in [-0.15, -0.1) is 0 Å². The SMILES string of the molecule is C[C@H](OC(=O)[C@@]12[C@@H]3c4ccccc4[C@H]4[C@H]5O[C@@H]3[C@@H]1[C@@]5(CO)[C@]42C(=O)O[C@@H](C)c1ccccc1)c1ccccc1. The van der Waals surface area contributed by atoms with E-state index in [1.807, 2.05) is 92.7 Å². The van der Waals surface area contributed by atoms with Crippen LogP contribution in [0.3, 0.4) is 0 Å². The predicted octanol–water partition coefficient (Wildman–Crippen LogP) is 4.85. The molecule has 6 nitrogen and oxygen atoms in total. The normalized spacial score (nSPS) is 38.7. The number of ether oxygens (including phenoxy) is 3. The third-order valence-corrected chi connectivity index (χ3v) is 10.9. The molecule has 1 saturated heterocycles. The summed E-state index contributed by atoms with van der Waals surface area (Å²) in [7, 11) is 0. The second-order valence-corrected chi connectivity index (χ2v) is 11.9. The first-order valence-corrected chi connectivity index (χ1v) is 13.8. The molecule has 0 aromatic heterocycles. The highest BCUT2D eigenvalue weighted by Crippen LogP contribution is 3.00. The fourth-order valence-electron chi connectivity index (χ4n) is 9.64. The van der Waals surface area contributed by atoms with Crippen molar-refractivity contribution in [1.29, 1.82) is 0 Å². The van der Waals surface area contributed by atoms with E-state index in [0.717, 1.165) is 22.3 Å². The topological polar surface area (TPSA) is 82.1 Å². The molecule has 1 N–H and O–H groups in total. The molecule has 0 radical (unpaired) electrons. The number of rotatable bonds is 7. The van der Waals surface area contributed by atoms with Crippen LogP contribution >= 0.6 is 0 Å². The molecule has 3 aromatic rings. The third kappa shape index (κ3) is 2.28. The molecule has 5 aliphatic rings. The van der Waals surface area contributed by atoms with Gasteiger partial charge in [0.25, 0.3) is 0 Å². The molecule has 1 heterocycles. The van der Waals surface area contributed by atoms with E-state index < -0.39 is 34.4 Å². The Morgan fingerprint density at radius 3 is 1.87 bits per heavy atom. The number of aliphatic hydroxyl groups is 1. The monoisotopic (exact) mass is 522 g/mol. The average molecular weight is 523 g/mol. The van der Waals surface area contributed by atoms with Crippen molar-refractivity contribution in [1.82, 2.24) is 0 Å². The number of fused-ring (bicyclic) bond motifs is 5. The Kier molecular flexibility index (Phi) is 4.55. The maximum Gasteiger partial charge on any atom is 0.315 e. The lowest BCUT2D eigenvalue weighted by Gasteiger charge is -2.87. The maximum atomic E-state index is 14.6. The standard InChI is InChI=1S/C33H30O6/c1-18(20-11-5-3-6-12-20)37-29(35)32-24-22-15-9-10-16-23(22)25-28-31(17-34,27(32)26(24)39-28)33(25,32)30(36)38-19(2)21-13-7-4-8-14-21/h3-16,18-19,24-28,34H,17H2,1-2H3/t18-,19-,24+,25-,26-,27+,28+,31+,32+,33+/m0/s1.